The van der Waals surface area contributed by atoms with Gasteiger partial charge in [0, 0.05) is 11.8 Å². The third kappa shape index (κ3) is 2.33. The van der Waals surface area contributed by atoms with Gasteiger partial charge in [-0.25, -0.2) is 8.78 Å². The molecule has 1 saturated carbocycles. The lowest BCUT2D eigenvalue weighted by molar-refractivity contribution is 0.621. The maximum Gasteiger partial charge on any atom is 0.271 e. The molecule has 3 N–H and O–H groups in total. The molecule has 3 heterocycles. The molecule has 0 saturated heterocycles. The molecule has 27 heavy (non-hydrogen) atoms. The highest BCUT2D eigenvalue weighted by molar-refractivity contribution is 7.13. The van der Waals surface area contributed by atoms with Crippen LogP contribution in [0.15, 0.2) is 40.1 Å². The van der Waals surface area contributed by atoms with Crippen LogP contribution in [0.25, 0.3) is 26.7 Å². The number of hydrogen-bond acceptors (Lipinski definition) is 4. The van der Waals surface area contributed by atoms with E-state index in [9.17, 15) is 18.4 Å². The summed E-state index contributed by atoms with van der Waals surface area (Å²) in [6.07, 6.45) is 2.99. The largest absolute Gasteiger partial charge is 0.396 e. The SMILES string of the molecule is Nc1cc(-c2cc3c(C4CC4)c4s[nH]c(=O)c4c(=O)n3cc2F)ccc1F. The molecule has 4 aromatic rings. The molecule has 1 aliphatic carbocycles. The van der Waals surface area contributed by atoms with Crippen LogP contribution in [0, 0.1) is 11.6 Å². The average Bonchev–Trinajstić information content (AvgIpc) is 3.40. The topological polar surface area (TPSA) is 80.4 Å². The average molecular weight is 385 g/mol. The predicted molar refractivity (Wildman–Crippen MR) is 101 cm³/mol. The maximum atomic E-state index is 14.8. The van der Waals surface area contributed by atoms with Crippen LogP contribution in [0.3, 0.4) is 0 Å². The van der Waals surface area contributed by atoms with Gasteiger partial charge in [-0.05, 0) is 48.1 Å². The van der Waals surface area contributed by atoms with Crippen molar-refractivity contribution in [3.05, 3.63) is 68.4 Å². The Labute approximate surface area is 154 Å². The highest BCUT2D eigenvalue weighted by atomic mass is 32.1. The van der Waals surface area contributed by atoms with Crippen LogP contribution < -0.4 is 16.9 Å². The van der Waals surface area contributed by atoms with E-state index in [0.717, 1.165) is 36.1 Å². The Kier molecular flexibility index (Phi) is 3.30. The second-order valence-electron chi connectivity index (χ2n) is 6.76. The molecule has 0 spiro atoms. The first-order valence-corrected chi connectivity index (χ1v) is 9.21. The molecule has 1 aromatic carbocycles. The zero-order valence-electron chi connectivity index (χ0n) is 13.9. The third-order valence-corrected chi connectivity index (χ3v) is 5.90. The fourth-order valence-electron chi connectivity index (χ4n) is 3.53. The van der Waals surface area contributed by atoms with Gasteiger partial charge in [0.1, 0.15) is 17.0 Å². The third-order valence-electron chi connectivity index (χ3n) is 4.99. The second-order valence-corrected chi connectivity index (χ2v) is 7.57. The highest BCUT2D eigenvalue weighted by Gasteiger charge is 2.31. The predicted octanol–water partition coefficient (Wildman–Crippen LogP) is 3.61. The Hall–Kier alpha value is -3.00. The van der Waals surface area contributed by atoms with E-state index in [1.54, 1.807) is 6.07 Å². The number of halogens is 2. The van der Waals surface area contributed by atoms with E-state index in [1.807, 2.05) is 0 Å². The fraction of sp³-hybridized carbons (Fsp3) is 0.158. The first-order chi connectivity index (χ1) is 13.0. The van der Waals surface area contributed by atoms with Crippen molar-refractivity contribution < 1.29 is 8.78 Å². The summed E-state index contributed by atoms with van der Waals surface area (Å²) >= 11 is 1.13. The van der Waals surface area contributed by atoms with Crippen LogP contribution in [0.2, 0.25) is 0 Å². The summed E-state index contributed by atoms with van der Waals surface area (Å²) in [6, 6.07) is 5.58. The van der Waals surface area contributed by atoms with E-state index in [2.05, 4.69) is 4.37 Å². The Morgan fingerprint density at radius 1 is 1.15 bits per heavy atom. The summed E-state index contributed by atoms with van der Waals surface area (Å²) in [5.74, 6) is -0.997. The van der Waals surface area contributed by atoms with Crippen molar-refractivity contribution in [2.75, 3.05) is 5.73 Å². The molecular formula is C19H13F2N3O2S. The number of hydrogen-bond donors (Lipinski definition) is 2. The summed E-state index contributed by atoms with van der Waals surface area (Å²) < 4.78 is 32.7. The van der Waals surface area contributed by atoms with Crippen molar-refractivity contribution in [1.29, 1.82) is 0 Å². The van der Waals surface area contributed by atoms with Gasteiger partial charge in [0.2, 0.25) is 0 Å². The van der Waals surface area contributed by atoms with E-state index < -0.39 is 22.8 Å². The van der Waals surface area contributed by atoms with Crippen LogP contribution in [-0.4, -0.2) is 8.77 Å². The minimum Gasteiger partial charge on any atom is -0.396 e. The minimum atomic E-state index is -0.650. The number of rotatable bonds is 2. The minimum absolute atomic E-state index is 0.0672. The number of pyridine rings is 2. The summed E-state index contributed by atoms with van der Waals surface area (Å²) in [6.45, 7) is 0. The van der Waals surface area contributed by atoms with E-state index in [0.29, 0.717) is 15.8 Å². The number of aromatic amines is 1. The van der Waals surface area contributed by atoms with E-state index in [4.69, 9.17) is 5.73 Å². The zero-order valence-corrected chi connectivity index (χ0v) is 14.7. The van der Waals surface area contributed by atoms with E-state index in [-0.39, 0.29) is 22.6 Å². The van der Waals surface area contributed by atoms with Crippen LogP contribution in [0.5, 0.6) is 0 Å². The van der Waals surface area contributed by atoms with Gasteiger partial charge in [-0.1, -0.05) is 17.6 Å². The van der Waals surface area contributed by atoms with E-state index in [1.165, 1.54) is 22.6 Å². The van der Waals surface area contributed by atoms with Crippen LogP contribution in [0.1, 0.15) is 24.3 Å². The molecular weight excluding hydrogens is 372 g/mol. The van der Waals surface area contributed by atoms with Crippen LogP contribution in [-0.2, 0) is 0 Å². The number of nitrogens with two attached hydrogens (primary N) is 1. The molecule has 8 heteroatoms. The van der Waals surface area contributed by atoms with Crippen molar-refractivity contribution >= 4 is 32.8 Å². The molecule has 0 bridgehead atoms. The second kappa shape index (κ2) is 5.50. The fourth-order valence-corrected chi connectivity index (χ4v) is 4.49. The number of benzene rings is 1. The van der Waals surface area contributed by atoms with Crippen molar-refractivity contribution in [3.8, 4) is 11.1 Å². The van der Waals surface area contributed by atoms with Crippen molar-refractivity contribution in [2.45, 2.75) is 18.8 Å². The maximum absolute atomic E-state index is 14.8. The number of nitrogens with one attached hydrogen (secondary N) is 1. The quantitative estimate of drug-likeness (QED) is 0.517. The molecule has 3 aromatic heterocycles. The Balaban J connectivity index is 1.91. The van der Waals surface area contributed by atoms with Crippen molar-refractivity contribution in [3.63, 3.8) is 0 Å². The zero-order chi connectivity index (χ0) is 18.9. The van der Waals surface area contributed by atoms with Crippen molar-refractivity contribution in [2.24, 2.45) is 0 Å². The molecule has 1 fully saturated rings. The molecule has 0 unspecified atom stereocenters. The summed E-state index contributed by atoms with van der Waals surface area (Å²) in [4.78, 5) is 24.9. The first kappa shape index (κ1) is 16.2. The van der Waals surface area contributed by atoms with Crippen LogP contribution >= 0.6 is 11.5 Å². The molecule has 0 radical (unpaired) electrons. The van der Waals surface area contributed by atoms with Gasteiger partial charge in [0.25, 0.3) is 11.1 Å². The van der Waals surface area contributed by atoms with Crippen LogP contribution in [0.4, 0.5) is 14.5 Å². The summed E-state index contributed by atoms with van der Waals surface area (Å²) in [5.41, 5.74) is 6.63. The van der Waals surface area contributed by atoms with Gasteiger partial charge in [-0.15, -0.1) is 0 Å². The lowest BCUT2D eigenvalue weighted by atomic mass is 10.0. The number of nitrogen functional groups attached to an aromatic ring is 1. The van der Waals surface area contributed by atoms with Gasteiger partial charge in [-0.3, -0.25) is 18.4 Å². The monoisotopic (exact) mass is 385 g/mol. The Bertz CT molecular complexity index is 1370. The first-order valence-electron chi connectivity index (χ1n) is 8.40. The number of nitrogens with zero attached hydrogens (tertiary/aromatic N) is 1. The van der Waals surface area contributed by atoms with Gasteiger partial charge in [0.15, 0.2) is 0 Å². The van der Waals surface area contributed by atoms with E-state index >= 15 is 0 Å². The molecule has 5 nitrogen and oxygen atoms in total. The normalized spacial score (nSPS) is 14.3. The number of aromatic nitrogens is 2. The molecule has 0 amide bonds. The lowest BCUT2D eigenvalue weighted by Crippen LogP contribution is -2.20. The molecule has 0 aliphatic heterocycles. The molecule has 136 valence electrons. The number of H-pyrrole nitrogens is 1. The van der Waals surface area contributed by atoms with Gasteiger partial charge >= 0.3 is 0 Å². The van der Waals surface area contributed by atoms with Gasteiger partial charge < -0.3 is 5.73 Å². The summed E-state index contributed by atoms with van der Waals surface area (Å²) in [5, 5.41) is 0.0672. The smallest absolute Gasteiger partial charge is 0.271 e. The van der Waals surface area contributed by atoms with Gasteiger partial charge in [0.05, 0.1) is 15.9 Å². The molecule has 5 rings (SSSR count). The highest BCUT2D eigenvalue weighted by Crippen LogP contribution is 2.45. The van der Waals surface area contributed by atoms with Gasteiger partial charge in [-0.2, -0.15) is 0 Å². The molecule has 0 atom stereocenters. The Morgan fingerprint density at radius 3 is 2.63 bits per heavy atom. The summed E-state index contributed by atoms with van der Waals surface area (Å²) in [7, 11) is 0. The Morgan fingerprint density at radius 2 is 1.93 bits per heavy atom. The molecule has 1 aliphatic rings. The number of fused-ring (bicyclic) bond motifs is 2. The lowest BCUT2D eigenvalue weighted by Gasteiger charge is -2.12. The van der Waals surface area contributed by atoms with Crippen molar-refractivity contribution in [1.82, 2.24) is 8.77 Å². The number of anilines is 1. The standard InChI is InChI=1S/C19H13F2N3O2S/c20-11-4-3-9(5-13(11)22)10-6-14-15(8-1-2-8)17-16(18(25)23-27-17)19(26)24(14)7-12(10)21/h3-8H,1-2,22H2,(H,23,25).